The molecule has 104 valence electrons. The number of aromatic carboxylic acids is 1. The van der Waals surface area contributed by atoms with Gasteiger partial charge in [-0.15, -0.1) is 0 Å². The molecule has 0 fully saturated rings. The molecule has 0 saturated heterocycles. The van der Waals surface area contributed by atoms with E-state index >= 15 is 0 Å². The van der Waals surface area contributed by atoms with Crippen LogP contribution in [0.15, 0.2) is 42.5 Å². The van der Waals surface area contributed by atoms with Crippen molar-refractivity contribution in [2.45, 2.75) is 6.92 Å². The van der Waals surface area contributed by atoms with Gasteiger partial charge in [0.1, 0.15) is 17.1 Å². The van der Waals surface area contributed by atoms with Crippen LogP contribution in [0.2, 0.25) is 0 Å². The SMILES string of the molecule is CCOc1ccc(Oc2c(F)cccc2C(=O)O)cc1. The number of benzene rings is 2. The number of carbonyl (C=O) groups is 1. The Morgan fingerprint density at radius 3 is 2.40 bits per heavy atom. The molecule has 5 heteroatoms. The minimum atomic E-state index is -1.24. The fraction of sp³-hybridized carbons (Fsp3) is 0.133. The maximum atomic E-state index is 13.7. The number of carboxylic acid groups (broad SMARTS) is 1. The highest BCUT2D eigenvalue weighted by atomic mass is 19.1. The summed E-state index contributed by atoms with van der Waals surface area (Å²) < 4.78 is 24.3. The van der Waals surface area contributed by atoms with Crippen LogP contribution in [0, 0.1) is 5.82 Å². The van der Waals surface area contributed by atoms with Crippen molar-refractivity contribution in [2.75, 3.05) is 6.61 Å². The third-order valence-electron chi connectivity index (χ3n) is 2.55. The summed E-state index contributed by atoms with van der Waals surface area (Å²) in [4.78, 5) is 11.0. The second-order valence-corrected chi connectivity index (χ2v) is 3.93. The molecule has 0 aliphatic rings. The minimum Gasteiger partial charge on any atom is -0.494 e. The Balaban J connectivity index is 2.27. The van der Waals surface area contributed by atoms with E-state index in [2.05, 4.69) is 0 Å². The van der Waals surface area contributed by atoms with E-state index in [1.54, 1.807) is 24.3 Å². The molecule has 0 saturated carbocycles. The van der Waals surface area contributed by atoms with Crippen molar-refractivity contribution in [2.24, 2.45) is 0 Å². The molecule has 1 N–H and O–H groups in total. The third-order valence-corrected chi connectivity index (χ3v) is 2.55. The van der Waals surface area contributed by atoms with Crippen molar-refractivity contribution in [1.29, 1.82) is 0 Å². The van der Waals surface area contributed by atoms with Crippen molar-refractivity contribution in [1.82, 2.24) is 0 Å². The quantitative estimate of drug-likeness (QED) is 0.904. The van der Waals surface area contributed by atoms with Crippen LogP contribution in [0.4, 0.5) is 4.39 Å². The predicted molar refractivity (Wildman–Crippen MR) is 71.0 cm³/mol. The largest absolute Gasteiger partial charge is 0.494 e. The molecule has 0 aliphatic heterocycles. The maximum Gasteiger partial charge on any atom is 0.339 e. The number of para-hydroxylation sites is 1. The van der Waals surface area contributed by atoms with Gasteiger partial charge in [-0.1, -0.05) is 6.07 Å². The van der Waals surface area contributed by atoms with E-state index in [-0.39, 0.29) is 11.3 Å². The fourth-order valence-electron chi connectivity index (χ4n) is 1.67. The highest BCUT2D eigenvalue weighted by Gasteiger charge is 2.16. The summed E-state index contributed by atoms with van der Waals surface area (Å²) >= 11 is 0. The summed E-state index contributed by atoms with van der Waals surface area (Å²) in [6.45, 7) is 2.40. The second kappa shape index (κ2) is 6.06. The summed E-state index contributed by atoms with van der Waals surface area (Å²) in [5.74, 6) is -1.28. The average molecular weight is 276 g/mol. The zero-order chi connectivity index (χ0) is 14.5. The number of ether oxygens (including phenoxy) is 2. The number of halogens is 1. The van der Waals surface area contributed by atoms with Crippen LogP contribution in [0.1, 0.15) is 17.3 Å². The van der Waals surface area contributed by atoms with Gasteiger partial charge in [0.15, 0.2) is 11.6 Å². The van der Waals surface area contributed by atoms with Crippen LogP contribution in [0.25, 0.3) is 0 Å². The van der Waals surface area contributed by atoms with Crippen molar-refractivity contribution in [3.8, 4) is 17.2 Å². The summed E-state index contributed by atoms with van der Waals surface area (Å²) in [6, 6.07) is 10.3. The van der Waals surface area contributed by atoms with Gasteiger partial charge in [0, 0.05) is 0 Å². The Morgan fingerprint density at radius 1 is 1.15 bits per heavy atom. The summed E-state index contributed by atoms with van der Waals surface area (Å²) in [7, 11) is 0. The van der Waals surface area contributed by atoms with E-state index in [0.29, 0.717) is 18.1 Å². The van der Waals surface area contributed by atoms with Crippen molar-refractivity contribution in [3.05, 3.63) is 53.8 Å². The zero-order valence-electron chi connectivity index (χ0n) is 10.8. The van der Waals surface area contributed by atoms with Crippen LogP contribution in [-0.2, 0) is 0 Å². The molecule has 0 radical (unpaired) electrons. The highest BCUT2D eigenvalue weighted by molar-refractivity contribution is 5.91. The molecule has 0 unspecified atom stereocenters. The van der Waals surface area contributed by atoms with Crippen LogP contribution >= 0.6 is 0 Å². The van der Waals surface area contributed by atoms with Crippen LogP contribution in [-0.4, -0.2) is 17.7 Å². The number of hydrogen-bond acceptors (Lipinski definition) is 3. The molecular weight excluding hydrogens is 263 g/mol. The van der Waals surface area contributed by atoms with Crippen LogP contribution in [0.5, 0.6) is 17.2 Å². The van der Waals surface area contributed by atoms with Gasteiger partial charge >= 0.3 is 5.97 Å². The average Bonchev–Trinajstić information content (AvgIpc) is 2.43. The van der Waals surface area contributed by atoms with Crippen molar-refractivity contribution in [3.63, 3.8) is 0 Å². The predicted octanol–water partition coefficient (Wildman–Crippen LogP) is 3.71. The summed E-state index contributed by atoms with van der Waals surface area (Å²) in [6.07, 6.45) is 0. The van der Waals surface area contributed by atoms with E-state index in [1.165, 1.54) is 12.1 Å². The number of rotatable bonds is 5. The molecule has 2 aromatic rings. The highest BCUT2D eigenvalue weighted by Crippen LogP contribution is 2.29. The number of hydrogen-bond donors (Lipinski definition) is 1. The Hall–Kier alpha value is -2.56. The van der Waals surface area contributed by atoms with E-state index in [1.807, 2.05) is 6.92 Å². The molecule has 0 heterocycles. The van der Waals surface area contributed by atoms with Crippen LogP contribution in [0.3, 0.4) is 0 Å². The molecule has 0 atom stereocenters. The lowest BCUT2D eigenvalue weighted by molar-refractivity contribution is 0.0693. The molecule has 0 bridgehead atoms. The Bertz CT molecular complexity index is 608. The molecule has 2 rings (SSSR count). The summed E-state index contributed by atoms with van der Waals surface area (Å²) in [5.41, 5.74) is -0.223. The van der Waals surface area contributed by atoms with Gasteiger partial charge in [0.05, 0.1) is 6.61 Å². The van der Waals surface area contributed by atoms with Crippen molar-refractivity contribution < 1.29 is 23.8 Å². The molecule has 0 amide bonds. The van der Waals surface area contributed by atoms with Gasteiger partial charge in [0.2, 0.25) is 0 Å². The molecule has 4 nitrogen and oxygen atoms in total. The standard InChI is InChI=1S/C15H13FO4/c1-2-19-10-6-8-11(9-7-10)20-14-12(15(17)18)4-3-5-13(14)16/h3-9H,2H2,1H3,(H,17,18). The first-order valence-electron chi connectivity index (χ1n) is 6.04. The topological polar surface area (TPSA) is 55.8 Å². The normalized spacial score (nSPS) is 10.1. The lowest BCUT2D eigenvalue weighted by atomic mass is 10.2. The molecule has 0 aromatic heterocycles. The maximum absolute atomic E-state index is 13.7. The first-order chi connectivity index (χ1) is 9.61. The van der Waals surface area contributed by atoms with Crippen molar-refractivity contribution >= 4 is 5.97 Å². The van der Waals surface area contributed by atoms with Gasteiger partial charge in [-0.25, -0.2) is 9.18 Å². The third kappa shape index (κ3) is 3.06. The fourth-order valence-corrected chi connectivity index (χ4v) is 1.67. The Labute approximate surface area is 115 Å². The molecule has 2 aromatic carbocycles. The minimum absolute atomic E-state index is 0.223. The molecule has 0 spiro atoms. The van der Waals surface area contributed by atoms with Crippen LogP contribution < -0.4 is 9.47 Å². The number of carboxylic acids is 1. The van der Waals surface area contributed by atoms with Gasteiger partial charge < -0.3 is 14.6 Å². The molecule has 0 aliphatic carbocycles. The van der Waals surface area contributed by atoms with Gasteiger partial charge in [-0.05, 0) is 43.3 Å². The summed E-state index contributed by atoms with van der Waals surface area (Å²) in [5, 5.41) is 9.02. The molecular formula is C15H13FO4. The van der Waals surface area contributed by atoms with E-state index in [9.17, 15) is 9.18 Å². The van der Waals surface area contributed by atoms with Gasteiger partial charge in [0.25, 0.3) is 0 Å². The molecule has 20 heavy (non-hydrogen) atoms. The zero-order valence-corrected chi connectivity index (χ0v) is 10.8. The Morgan fingerprint density at radius 2 is 1.80 bits per heavy atom. The smallest absolute Gasteiger partial charge is 0.339 e. The lowest BCUT2D eigenvalue weighted by Gasteiger charge is -2.10. The first-order valence-corrected chi connectivity index (χ1v) is 6.04. The van der Waals surface area contributed by atoms with Gasteiger partial charge in [-0.2, -0.15) is 0 Å². The Kier molecular flexibility index (Phi) is 4.20. The second-order valence-electron chi connectivity index (χ2n) is 3.93. The monoisotopic (exact) mass is 276 g/mol. The lowest BCUT2D eigenvalue weighted by Crippen LogP contribution is -2.02. The van der Waals surface area contributed by atoms with E-state index in [0.717, 1.165) is 6.07 Å². The van der Waals surface area contributed by atoms with Gasteiger partial charge in [-0.3, -0.25) is 0 Å². The van der Waals surface area contributed by atoms with E-state index in [4.69, 9.17) is 14.6 Å². The first kappa shape index (κ1) is 13.9. The van der Waals surface area contributed by atoms with E-state index < -0.39 is 11.8 Å².